The van der Waals surface area contributed by atoms with Crippen LogP contribution in [0.3, 0.4) is 0 Å². The van der Waals surface area contributed by atoms with E-state index in [2.05, 4.69) is 13.2 Å². The van der Waals surface area contributed by atoms with Crippen molar-refractivity contribution in [3.8, 4) is 5.75 Å². The Balaban J connectivity index is 2.61. The van der Waals surface area contributed by atoms with Crippen LogP contribution in [0.25, 0.3) is 5.57 Å². The molecule has 0 aliphatic carbocycles. The largest absolute Gasteiger partial charge is 0.493 e. The van der Waals surface area contributed by atoms with Gasteiger partial charge in [-0.05, 0) is 38.3 Å². The first-order chi connectivity index (χ1) is 12.0. The molecule has 0 aromatic carbocycles. The van der Waals surface area contributed by atoms with Crippen molar-refractivity contribution in [1.29, 1.82) is 0 Å². The van der Waals surface area contributed by atoms with Gasteiger partial charge in [0.2, 0.25) is 0 Å². The minimum atomic E-state index is -0.123. The Morgan fingerprint density at radius 1 is 1.36 bits per heavy atom. The SMILES string of the molecule is C=C/C=C1\C(=C)OC(/C=C\C)=C(/C)CCCOc2cc(=O)n(C)cc21. The molecular weight excluding hydrogens is 314 g/mol. The summed E-state index contributed by atoms with van der Waals surface area (Å²) < 4.78 is 13.5. The lowest BCUT2D eigenvalue weighted by atomic mass is 10.0. The summed E-state index contributed by atoms with van der Waals surface area (Å²) in [5, 5.41) is 0. The van der Waals surface area contributed by atoms with Gasteiger partial charge in [-0.2, -0.15) is 0 Å². The second-order valence-electron chi connectivity index (χ2n) is 5.94. The van der Waals surface area contributed by atoms with Crippen LogP contribution >= 0.6 is 0 Å². The maximum atomic E-state index is 12.0. The number of nitrogens with zero attached hydrogens (tertiary/aromatic N) is 1. The highest BCUT2D eigenvalue weighted by Crippen LogP contribution is 2.33. The number of pyridine rings is 1. The fourth-order valence-corrected chi connectivity index (χ4v) is 2.63. The lowest BCUT2D eigenvalue weighted by molar-refractivity contribution is 0.308. The quantitative estimate of drug-likeness (QED) is 0.796. The van der Waals surface area contributed by atoms with Crippen LogP contribution in [0.2, 0.25) is 0 Å². The number of hydrogen-bond acceptors (Lipinski definition) is 3. The molecule has 0 amide bonds. The molecule has 132 valence electrons. The van der Waals surface area contributed by atoms with Crippen molar-refractivity contribution in [2.45, 2.75) is 26.7 Å². The Morgan fingerprint density at radius 3 is 2.80 bits per heavy atom. The van der Waals surface area contributed by atoms with Crippen molar-refractivity contribution < 1.29 is 9.47 Å². The number of aryl methyl sites for hydroxylation is 1. The maximum Gasteiger partial charge on any atom is 0.254 e. The second kappa shape index (κ2) is 8.38. The molecule has 1 aromatic heterocycles. The van der Waals surface area contributed by atoms with E-state index in [-0.39, 0.29) is 5.56 Å². The molecule has 0 unspecified atom stereocenters. The third-order valence-corrected chi connectivity index (χ3v) is 3.99. The lowest BCUT2D eigenvalue weighted by Gasteiger charge is -2.17. The Labute approximate surface area is 149 Å². The Bertz CT molecular complexity index is 822. The third-order valence-electron chi connectivity index (χ3n) is 3.99. The van der Waals surface area contributed by atoms with Crippen molar-refractivity contribution in [2.24, 2.45) is 7.05 Å². The Kier molecular flexibility index (Phi) is 6.23. The van der Waals surface area contributed by atoms with Gasteiger partial charge in [-0.3, -0.25) is 4.79 Å². The van der Waals surface area contributed by atoms with Crippen LogP contribution in [0.4, 0.5) is 0 Å². The number of hydrogen-bond donors (Lipinski definition) is 0. The van der Waals surface area contributed by atoms with Crippen molar-refractivity contribution in [3.05, 3.63) is 82.7 Å². The van der Waals surface area contributed by atoms with E-state index in [1.54, 1.807) is 19.3 Å². The highest BCUT2D eigenvalue weighted by molar-refractivity contribution is 5.80. The molecule has 0 bridgehead atoms. The third kappa shape index (κ3) is 4.41. The predicted octanol–water partition coefficient (Wildman–Crippen LogP) is 4.51. The molecule has 0 saturated carbocycles. The molecule has 0 fully saturated rings. The standard InChI is InChI=1S/C21H25NO3/c1-6-9-17-16(4)25-19(10-7-2)15(3)11-8-12-24-20-13-21(23)22(5)14-18(17)20/h6-7,9-10,13-14H,1,4,8,11-12H2,2-3,5H3/b10-7-,17-9+,19-15-. The first-order valence-corrected chi connectivity index (χ1v) is 8.34. The average Bonchev–Trinajstić information content (AvgIpc) is 2.59. The van der Waals surface area contributed by atoms with Crippen LogP contribution in [-0.4, -0.2) is 11.2 Å². The van der Waals surface area contributed by atoms with Crippen LogP contribution in [0.1, 0.15) is 32.3 Å². The maximum absolute atomic E-state index is 12.0. The molecule has 0 spiro atoms. The molecule has 4 nitrogen and oxygen atoms in total. The zero-order valence-corrected chi connectivity index (χ0v) is 15.2. The van der Waals surface area contributed by atoms with E-state index in [0.717, 1.165) is 35.3 Å². The molecule has 0 N–H and O–H groups in total. The molecule has 0 saturated heterocycles. The van der Waals surface area contributed by atoms with Crippen molar-refractivity contribution >= 4 is 5.57 Å². The molecule has 1 aliphatic heterocycles. The molecular formula is C21H25NO3. The molecule has 25 heavy (non-hydrogen) atoms. The van der Waals surface area contributed by atoms with Crippen LogP contribution in [0, 0.1) is 0 Å². The summed E-state index contributed by atoms with van der Waals surface area (Å²) in [6.45, 7) is 12.4. The van der Waals surface area contributed by atoms with Gasteiger partial charge in [0, 0.05) is 30.4 Å². The van der Waals surface area contributed by atoms with E-state index in [1.165, 1.54) is 10.6 Å². The van der Waals surface area contributed by atoms with Gasteiger partial charge in [-0.15, -0.1) is 0 Å². The zero-order chi connectivity index (χ0) is 18.4. The molecule has 2 rings (SSSR count). The summed E-state index contributed by atoms with van der Waals surface area (Å²) in [7, 11) is 1.71. The highest BCUT2D eigenvalue weighted by atomic mass is 16.5. The first-order valence-electron chi connectivity index (χ1n) is 8.34. The van der Waals surface area contributed by atoms with Crippen LogP contribution in [-0.2, 0) is 11.8 Å². The topological polar surface area (TPSA) is 40.5 Å². The first kappa shape index (κ1) is 18.6. The van der Waals surface area contributed by atoms with Crippen molar-refractivity contribution in [3.63, 3.8) is 0 Å². The lowest BCUT2D eigenvalue weighted by Crippen LogP contribution is -2.17. The number of ether oxygens (including phenoxy) is 2. The van der Waals surface area contributed by atoms with Crippen molar-refractivity contribution in [2.75, 3.05) is 6.61 Å². The molecule has 1 aromatic rings. The summed E-state index contributed by atoms with van der Waals surface area (Å²) >= 11 is 0. The van der Waals surface area contributed by atoms with Gasteiger partial charge >= 0.3 is 0 Å². The van der Waals surface area contributed by atoms with E-state index in [4.69, 9.17) is 9.47 Å². The zero-order valence-electron chi connectivity index (χ0n) is 15.2. The number of rotatable bonds is 2. The molecule has 0 atom stereocenters. The van der Waals surface area contributed by atoms with Gasteiger partial charge in [0.05, 0.1) is 6.61 Å². The van der Waals surface area contributed by atoms with Crippen molar-refractivity contribution in [1.82, 2.24) is 4.57 Å². The van der Waals surface area contributed by atoms with Crippen LogP contribution < -0.4 is 10.3 Å². The molecule has 4 heteroatoms. The van der Waals surface area contributed by atoms with E-state index in [9.17, 15) is 4.79 Å². The predicted molar refractivity (Wildman–Crippen MR) is 102 cm³/mol. The van der Waals surface area contributed by atoms with Gasteiger partial charge in [0.1, 0.15) is 17.3 Å². The minimum Gasteiger partial charge on any atom is -0.493 e. The minimum absolute atomic E-state index is 0.123. The summed E-state index contributed by atoms with van der Waals surface area (Å²) in [6.07, 6.45) is 10.8. The second-order valence-corrected chi connectivity index (χ2v) is 5.94. The Morgan fingerprint density at radius 2 is 2.12 bits per heavy atom. The number of fused-ring (bicyclic) bond motifs is 1. The van der Waals surface area contributed by atoms with E-state index < -0.39 is 0 Å². The fraction of sp³-hybridized carbons (Fsp3) is 0.286. The van der Waals surface area contributed by atoms with Crippen LogP contribution in [0.5, 0.6) is 5.75 Å². The van der Waals surface area contributed by atoms with Gasteiger partial charge in [0.25, 0.3) is 5.56 Å². The molecule has 0 radical (unpaired) electrons. The van der Waals surface area contributed by atoms with E-state index in [0.29, 0.717) is 18.1 Å². The van der Waals surface area contributed by atoms with Gasteiger partial charge < -0.3 is 14.0 Å². The molecule has 2 heterocycles. The summed E-state index contributed by atoms with van der Waals surface area (Å²) in [6, 6.07) is 1.50. The van der Waals surface area contributed by atoms with Gasteiger partial charge in [-0.25, -0.2) is 0 Å². The highest BCUT2D eigenvalue weighted by Gasteiger charge is 2.17. The van der Waals surface area contributed by atoms with E-state index >= 15 is 0 Å². The molecule has 1 aliphatic rings. The summed E-state index contributed by atoms with van der Waals surface area (Å²) in [4.78, 5) is 12.0. The Hall–Kier alpha value is -2.75. The van der Waals surface area contributed by atoms with Gasteiger partial charge in [0.15, 0.2) is 0 Å². The average molecular weight is 339 g/mol. The van der Waals surface area contributed by atoms with Gasteiger partial charge in [-0.1, -0.05) is 31.4 Å². The van der Waals surface area contributed by atoms with Crippen LogP contribution in [0.15, 0.2) is 71.6 Å². The smallest absolute Gasteiger partial charge is 0.254 e. The number of aromatic nitrogens is 1. The normalized spacial score (nSPS) is 20.6. The summed E-state index contributed by atoms with van der Waals surface area (Å²) in [5.41, 5.74) is 2.49. The number of allylic oxidation sites excluding steroid dienone is 6. The monoisotopic (exact) mass is 339 g/mol. The fourth-order valence-electron chi connectivity index (χ4n) is 2.63. The van der Waals surface area contributed by atoms with E-state index in [1.807, 2.05) is 32.1 Å². The summed E-state index contributed by atoms with van der Waals surface area (Å²) in [5.74, 6) is 1.81.